The summed E-state index contributed by atoms with van der Waals surface area (Å²) in [5.74, 6) is 0.683. The van der Waals surface area contributed by atoms with E-state index in [-0.39, 0.29) is 5.91 Å². The van der Waals surface area contributed by atoms with Gasteiger partial charge in [-0.2, -0.15) is 0 Å². The van der Waals surface area contributed by atoms with Gasteiger partial charge in [-0.3, -0.25) is 19.8 Å². The number of benzene rings is 1. The molecule has 0 atom stereocenters. The fourth-order valence-electron chi connectivity index (χ4n) is 2.86. The van der Waals surface area contributed by atoms with Gasteiger partial charge in [-0.1, -0.05) is 6.07 Å². The van der Waals surface area contributed by atoms with Crippen LogP contribution in [-0.2, 0) is 0 Å². The summed E-state index contributed by atoms with van der Waals surface area (Å²) in [5, 5.41) is 2.73. The molecule has 3 N–H and O–H groups in total. The van der Waals surface area contributed by atoms with E-state index in [1.807, 2.05) is 25.1 Å². The Kier molecular flexibility index (Phi) is 6.49. The predicted molar refractivity (Wildman–Crippen MR) is 118 cm³/mol. The van der Waals surface area contributed by atoms with Crippen LogP contribution in [0.15, 0.2) is 60.2 Å². The van der Waals surface area contributed by atoms with Gasteiger partial charge >= 0.3 is 0 Å². The number of anilines is 1. The van der Waals surface area contributed by atoms with Crippen molar-refractivity contribution < 1.29 is 9.53 Å². The lowest BCUT2D eigenvalue weighted by molar-refractivity contribution is 0.102. The first-order valence-electron chi connectivity index (χ1n) is 9.14. The maximum absolute atomic E-state index is 12.4. The number of carbonyl (C=O) groups excluding carboxylic acids is 1. The molecule has 0 saturated carbocycles. The number of hydrogen-bond donors (Lipinski definition) is 2. The van der Waals surface area contributed by atoms with E-state index in [9.17, 15) is 4.79 Å². The Bertz CT molecular complexity index is 1110. The zero-order valence-corrected chi connectivity index (χ0v) is 17.0. The van der Waals surface area contributed by atoms with Gasteiger partial charge in [0.25, 0.3) is 5.91 Å². The second-order valence-electron chi connectivity index (χ2n) is 6.36. The molecule has 0 aliphatic rings. The van der Waals surface area contributed by atoms with E-state index < -0.39 is 0 Å². The molecule has 0 unspecified atom stereocenters. The highest BCUT2D eigenvalue weighted by Crippen LogP contribution is 2.31. The third kappa shape index (κ3) is 4.49. The van der Waals surface area contributed by atoms with Crippen LogP contribution in [-0.4, -0.2) is 41.2 Å². The molecule has 2 heterocycles. The molecular formula is C22H22N6O2. The van der Waals surface area contributed by atoms with Crippen LogP contribution in [0.4, 0.5) is 5.82 Å². The van der Waals surface area contributed by atoms with Crippen LogP contribution in [0.2, 0.25) is 0 Å². The first kappa shape index (κ1) is 20.7. The second-order valence-corrected chi connectivity index (χ2v) is 6.36. The Morgan fingerprint density at radius 2 is 2.03 bits per heavy atom. The molecule has 0 fully saturated rings. The second kappa shape index (κ2) is 9.42. The van der Waals surface area contributed by atoms with Crippen molar-refractivity contribution in [3.63, 3.8) is 0 Å². The van der Waals surface area contributed by atoms with Gasteiger partial charge in [0, 0.05) is 43.0 Å². The molecular weight excluding hydrogens is 380 g/mol. The summed E-state index contributed by atoms with van der Waals surface area (Å²) in [6.45, 7) is 1.85. The number of amides is 1. The summed E-state index contributed by atoms with van der Waals surface area (Å²) >= 11 is 0. The molecule has 0 spiro atoms. The Labute approximate surface area is 174 Å². The number of rotatable bonds is 6. The highest BCUT2D eigenvalue weighted by atomic mass is 16.5. The molecule has 0 aliphatic carbocycles. The third-order valence-corrected chi connectivity index (χ3v) is 4.43. The molecule has 1 aromatic carbocycles. The quantitative estimate of drug-likeness (QED) is 0.612. The molecule has 8 nitrogen and oxygen atoms in total. The zero-order valence-electron chi connectivity index (χ0n) is 17.0. The first-order chi connectivity index (χ1) is 14.6. The third-order valence-electron chi connectivity index (χ3n) is 4.43. The number of nitrogens with zero attached hydrogens (tertiary/aromatic N) is 4. The van der Waals surface area contributed by atoms with Gasteiger partial charge in [-0.25, -0.2) is 4.98 Å². The lowest BCUT2D eigenvalue weighted by atomic mass is 10.0. The van der Waals surface area contributed by atoms with Crippen LogP contribution in [0.25, 0.3) is 16.8 Å². The standard InChI is InChI=1S/C22H22N6O2/c1-14-6-7-25-11-18(14)22(29)28-21-13-26-19(12-27-21)17-8-15(4-5-20(17)30-3)16(9-23)10-24-2/h4-13H,23H2,1-3H3,(H,27,28,29). The van der Waals surface area contributed by atoms with Crippen LogP contribution < -0.4 is 15.8 Å². The van der Waals surface area contributed by atoms with Crippen LogP contribution in [0.5, 0.6) is 5.75 Å². The fraction of sp³-hybridized carbons (Fsp3) is 0.136. The number of aryl methyl sites for hydroxylation is 1. The number of nitrogens with two attached hydrogens (primary N) is 1. The molecule has 30 heavy (non-hydrogen) atoms. The molecule has 0 radical (unpaired) electrons. The van der Waals surface area contributed by atoms with Crippen molar-refractivity contribution in [2.24, 2.45) is 10.7 Å². The lowest BCUT2D eigenvalue weighted by Crippen LogP contribution is -2.14. The van der Waals surface area contributed by atoms with Crippen LogP contribution in [0.1, 0.15) is 21.5 Å². The number of nitrogens with one attached hydrogen (secondary N) is 1. The minimum absolute atomic E-state index is 0.293. The van der Waals surface area contributed by atoms with Crippen molar-refractivity contribution in [2.75, 3.05) is 19.5 Å². The number of pyridine rings is 1. The molecule has 152 valence electrons. The number of allylic oxidation sites excluding steroid dienone is 1. The molecule has 1 amide bonds. The van der Waals surface area contributed by atoms with Crippen molar-refractivity contribution in [2.45, 2.75) is 6.92 Å². The van der Waals surface area contributed by atoms with Crippen LogP contribution in [0, 0.1) is 6.92 Å². The number of methoxy groups -OCH3 is 1. The van der Waals surface area contributed by atoms with E-state index in [1.165, 1.54) is 18.6 Å². The number of aromatic nitrogens is 3. The Balaban J connectivity index is 1.88. The van der Waals surface area contributed by atoms with Crippen molar-refractivity contribution >= 4 is 23.5 Å². The van der Waals surface area contributed by atoms with Gasteiger partial charge in [0.15, 0.2) is 5.82 Å². The summed E-state index contributed by atoms with van der Waals surface area (Å²) in [4.78, 5) is 29.2. The SMILES string of the molecule is CN=CC(=CN)c1ccc(OC)c(-c2cnc(NC(=O)c3cnccc3C)cn2)c1. The summed E-state index contributed by atoms with van der Waals surface area (Å²) in [6.07, 6.45) is 9.40. The predicted octanol–water partition coefficient (Wildman–Crippen LogP) is 3.11. The maximum Gasteiger partial charge on any atom is 0.258 e. The Morgan fingerprint density at radius 1 is 1.20 bits per heavy atom. The monoisotopic (exact) mass is 402 g/mol. The summed E-state index contributed by atoms with van der Waals surface area (Å²) in [5.41, 5.74) is 10.00. The van der Waals surface area contributed by atoms with Gasteiger partial charge in [0.1, 0.15) is 5.75 Å². The molecule has 2 aromatic heterocycles. The molecule has 0 bridgehead atoms. The van der Waals surface area contributed by atoms with Crippen molar-refractivity contribution in [3.05, 3.63) is 71.9 Å². The van der Waals surface area contributed by atoms with Crippen molar-refractivity contribution in [1.29, 1.82) is 0 Å². The summed E-state index contributed by atoms with van der Waals surface area (Å²) < 4.78 is 5.47. The number of carbonyl (C=O) groups is 1. The number of ether oxygens (including phenoxy) is 1. The highest BCUT2D eigenvalue weighted by Gasteiger charge is 2.13. The highest BCUT2D eigenvalue weighted by molar-refractivity contribution is 6.10. The van der Waals surface area contributed by atoms with Crippen LogP contribution in [0.3, 0.4) is 0 Å². The van der Waals surface area contributed by atoms with E-state index in [4.69, 9.17) is 10.5 Å². The molecule has 8 heteroatoms. The van der Waals surface area contributed by atoms with Gasteiger partial charge in [-0.05, 0) is 36.2 Å². The largest absolute Gasteiger partial charge is 0.496 e. The van der Waals surface area contributed by atoms with E-state index in [0.29, 0.717) is 22.8 Å². The summed E-state index contributed by atoms with van der Waals surface area (Å²) in [6, 6.07) is 7.40. The van der Waals surface area contributed by atoms with Crippen molar-refractivity contribution in [3.8, 4) is 17.0 Å². The minimum Gasteiger partial charge on any atom is -0.496 e. The first-order valence-corrected chi connectivity index (χ1v) is 9.14. The maximum atomic E-state index is 12.4. The van der Waals surface area contributed by atoms with E-state index in [1.54, 1.807) is 38.8 Å². The van der Waals surface area contributed by atoms with Gasteiger partial charge in [0.2, 0.25) is 0 Å². The Morgan fingerprint density at radius 3 is 2.67 bits per heavy atom. The van der Waals surface area contributed by atoms with E-state index in [0.717, 1.165) is 22.3 Å². The Hall–Kier alpha value is -4.07. The van der Waals surface area contributed by atoms with Gasteiger partial charge in [-0.15, -0.1) is 0 Å². The lowest BCUT2D eigenvalue weighted by Gasteiger charge is -2.11. The summed E-state index contributed by atoms with van der Waals surface area (Å²) in [7, 11) is 3.27. The molecule has 0 saturated heterocycles. The van der Waals surface area contributed by atoms with Gasteiger partial charge < -0.3 is 15.8 Å². The van der Waals surface area contributed by atoms with Crippen LogP contribution >= 0.6 is 0 Å². The number of aliphatic imine (C=N–C) groups is 1. The average molecular weight is 402 g/mol. The number of hydrogen-bond acceptors (Lipinski definition) is 7. The van der Waals surface area contributed by atoms with E-state index >= 15 is 0 Å². The smallest absolute Gasteiger partial charge is 0.258 e. The normalized spacial score (nSPS) is 11.5. The van der Waals surface area contributed by atoms with E-state index in [2.05, 4.69) is 25.3 Å². The average Bonchev–Trinajstić information content (AvgIpc) is 2.78. The zero-order chi connectivity index (χ0) is 21.5. The van der Waals surface area contributed by atoms with Crippen molar-refractivity contribution in [1.82, 2.24) is 15.0 Å². The minimum atomic E-state index is -0.293. The fourth-order valence-corrected chi connectivity index (χ4v) is 2.86. The van der Waals surface area contributed by atoms with Gasteiger partial charge in [0.05, 0.1) is 30.8 Å². The molecule has 0 aliphatic heterocycles. The topological polar surface area (TPSA) is 115 Å². The molecule has 3 aromatic rings. The molecule has 3 rings (SSSR count).